The standard InChI is InChI=1S/C20H29N7.HI/c1-4-18-26-25-14-27(18)12-11-23-20(21-5-2)22-10-9-16-13-24-17-8-6-7-15(3)19(16)17;/h6-8,13-14,24H,4-5,9-12H2,1-3H3,(H2,21,22,23);1H. The molecule has 0 saturated carbocycles. The first-order valence-corrected chi connectivity index (χ1v) is 9.67. The number of guanidine groups is 1. The number of nitrogens with one attached hydrogen (secondary N) is 3. The van der Waals surface area contributed by atoms with E-state index in [1.807, 2.05) is 0 Å². The number of hydrogen-bond donors (Lipinski definition) is 3. The van der Waals surface area contributed by atoms with E-state index in [1.165, 1.54) is 22.0 Å². The summed E-state index contributed by atoms with van der Waals surface area (Å²) in [6, 6.07) is 6.36. The molecule has 3 aromatic rings. The van der Waals surface area contributed by atoms with Gasteiger partial charge in [-0.2, -0.15) is 0 Å². The molecule has 0 aliphatic rings. The van der Waals surface area contributed by atoms with E-state index in [0.29, 0.717) is 0 Å². The lowest BCUT2D eigenvalue weighted by molar-refractivity contribution is 0.632. The van der Waals surface area contributed by atoms with E-state index in [0.717, 1.165) is 50.8 Å². The Morgan fingerprint density at radius 3 is 2.89 bits per heavy atom. The molecule has 0 radical (unpaired) electrons. The van der Waals surface area contributed by atoms with Crippen LogP contribution in [0.1, 0.15) is 30.8 Å². The zero-order valence-electron chi connectivity index (χ0n) is 16.8. The van der Waals surface area contributed by atoms with Crippen molar-refractivity contribution >= 4 is 40.8 Å². The molecule has 0 aliphatic heterocycles. The second kappa shape index (κ2) is 11.0. The molecular formula is C20H30IN7. The molecule has 2 aromatic heterocycles. The zero-order chi connectivity index (χ0) is 19.1. The second-order valence-corrected chi connectivity index (χ2v) is 6.54. The van der Waals surface area contributed by atoms with Gasteiger partial charge in [0.15, 0.2) is 5.96 Å². The number of aromatic amines is 1. The molecular weight excluding hydrogens is 465 g/mol. The van der Waals surface area contributed by atoms with Crippen LogP contribution in [-0.2, 0) is 19.4 Å². The van der Waals surface area contributed by atoms with Gasteiger partial charge in [-0.3, -0.25) is 4.99 Å². The van der Waals surface area contributed by atoms with Gasteiger partial charge in [0.1, 0.15) is 12.2 Å². The number of rotatable bonds is 8. The highest BCUT2D eigenvalue weighted by Gasteiger charge is 2.06. The molecule has 3 N–H and O–H groups in total. The van der Waals surface area contributed by atoms with Gasteiger partial charge in [0, 0.05) is 49.7 Å². The minimum Gasteiger partial charge on any atom is -0.361 e. The van der Waals surface area contributed by atoms with Crippen LogP contribution in [0, 0.1) is 6.92 Å². The SMILES string of the molecule is CCNC(=NCCc1c[nH]c2cccc(C)c12)NCCn1cnnc1CC.I. The number of halogens is 1. The van der Waals surface area contributed by atoms with Crippen LogP contribution >= 0.6 is 24.0 Å². The summed E-state index contributed by atoms with van der Waals surface area (Å²) in [5.41, 5.74) is 3.82. The van der Waals surface area contributed by atoms with Gasteiger partial charge in [-0.15, -0.1) is 34.2 Å². The summed E-state index contributed by atoms with van der Waals surface area (Å²) in [5, 5.41) is 16.1. The first-order chi connectivity index (χ1) is 13.2. The summed E-state index contributed by atoms with van der Waals surface area (Å²) in [6.45, 7) is 9.50. The highest BCUT2D eigenvalue weighted by Crippen LogP contribution is 2.22. The quantitative estimate of drug-likeness (QED) is 0.255. The fraction of sp³-hybridized carbons (Fsp3) is 0.450. The summed E-state index contributed by atoms with van der Waals surface area (Å²) in [4.78, 5) is 8.08. The molecule has 0 aliphatic carbocycles. The largest absolute Gasteiger partial charge is 0.361 e. The van der Waals surface area contributed by atoms with Crippen LogP contribution in [0.5, 0.6) is 0 Å². The Labute approximate surface area is 183 Å². The Bertz CT molecular complexity index is 897. The van der Waals surface area contributed by atoms with E-state index in [1.54, 1.807) is 6.33 Å². The van der Waals surface area contributed by atoms with Gasteiger partial charge in [-0.1, -0.05) is 19.1 Å². The number of aryl methyl sites for hydroxylation is 2. The maximum atomic E-state index is 4.73. The zero-order valence-corrected chi connectivity index (χ0v) is 19.2. The van der Waals surface area contributed by atoms with E-state index in [9.17, 15) is 0 Å². The summed E-state index contributed by atoms with van der Waals surface area (Å²) < 4.78 is 2.07. The van der Waals surface area contributed by atoms with E-state index < -0.39 is 0 Å². The summed E-state index contributed by atoms with van der Waals surface area (Å²) in [6.07, 6.45) is 5.68. The fourth-order valence-electron chi connectivity index (χ4n) is 3.31. The van der Waals surface area contributed by atoms with Crippen LogP contribution in [-0.4, -0.2) is 45.3 Å². The Morgan fingerprint density at radius 2 is 2.11 bits per heavy atom. The smallest absolute Gasteiger partial charge is 0.191 e. The maximum Gasteiger partial charge on any atom is 0.191 e. The molecule has 0 spiro atoms. The summed E-state index contributed by atoms with van der Waals surface area (Å²) >= 11 is 0. The number of benzene rings is 1. The molecule has 7 nitrogen and oxygen atoms in total. The molecule has 0 unspecified atom stereocenters. The van der Waals surface area contributed by atoms with Crippen molar-refractivity contribution in [2.24, 2.45) is 4.99 Å². The third kappa shape index (κ3) is 5.46. The van der Waals surface area contributed by atoms with Crippen molar-refractivity contribution < 1.29 is 0 Å². The van der Waals surface area contributed by atoms with Gasteiger partial charge in [-0.05, 0) is 37.5 Å². The molecule has 0 bridgehead atoms. The molecule has 3 rings (SSSR count). The summed E-state index contributed by atoms with van der Waals surface area (Å²) in [5.74, 6) is 1.86. The van der Waals surface area contributed by atoms with Crippen molar-refractivity contribution in [2.45, 2.75) is 40.2 Å². The topological polar surface area (TPSA) is 82.9 Å². The Balaban J connectivity index is 0.00000280. The molecule has 2 heterocycles. The fourth-order valence-corrected chi connectivity index (χ4v) is 3.31. The third-order valence-electron chi connectivity index (χ3n) is 4.65. The van der Waals surface area contributed by atoms with Crippen molar-refractivity contribution in [3.63, 3.8) is 0 Å². The minimum atomic E-state index is 0. The van der Waals surface area contributed by atoms with Crippen molar-refractivity contribution in [3.05, 3.63) is 47.7 Å². The molecule has 0 fully saturated rings. The predicted molar refractivity (Wildman–Crippen MR) is 126 cm³/mol. The van der Waals surface area contributed by atoms with Crippen molar-refractivity contribution in [1.29, 1.82) is 0 Å². The van der Waals surface area contributed by atoms with Gasteiger partial charge in [0.05, 0.1) is 0 Å². The van der Waals surface area contributed by atoms with Crippen LogP contribution in [0.3, 0.4) is 0 Å². The van der Waals surface area contributed by atoms with E-state index >= 15 is 0 Å². The normalized spacial score (nSPS) is 11.5. The lowest BCUT2D eigenvalue weighted by atomic mass is 10.1. The van der Waals surface area contributed by atoms with Crippen LogP contribution < -0.4 is 10.6 Å². The van der Waals surface area contributed by atoms with E-state index in [2.05, 4.69) is 75.5 Å². The molecule has 8 heteroatoms. The minimum absolute atomic E-state index is 0. The summed E-state index contributed by atoms with van der Waals surface area (Å²) in [7, 11) is 0. The van der Waals surface area contributed by atoms with Gasteiger partial charge >= 0.3 is 0 Å². The van der Waals surface area contributed by atoms with Crippen LogP contribution in [0.4, 0.5) is 0 Å². The van der Waals surface area contributed by atoms with Gasteiger partial charge in [0.2, 0.25) is 0 Å². The highest BCUT2D eigenvalue weighted by molar-refractivity contribution is 14.0. The van der Waals surface area contributed by atoms with Gasteiger partial charge in [0.25, 0.3) is 0 Å². The number of nitrogens with zero attached hydrogens (tertiary/aromatic N) is 4. The average Bonchev–Trinajstić information content (AvgIpc) is 3.29. The lowest BCUT2D eigenvalue weighted by Gasteiger charge is -2.12. The molecule has 1 aromatic carbocycles. The van der Waals surface area contributed by atoms with E-state index in [-0.39, 0.29) is 24.0 Å². The Kier molecular flexibility index (Phi) is 8.75. The maximum absolute atomic E-state index is 4.73. The van der Waals surface area contributed by atoms with Crippen molar-refractivity contribution in [3.8, 4) is 0 Å². The third-order valence-corrected chi connectivity index (χ3v) is 4.65. The van der Waals surface area contributed by atoms with Gasteiger partial charge in [-0.25, -0.2) is 0 Å². The van der Waals surface area contributed by atoms with Crippen LogP contribution in [0.15, 0.2) is 35.7 Å². The molecule has 0 saturated heterocycles. The highest BCUT2D eigenvalue weighted by atomic mass is 127. The molecule has 28 heavy (non-hydrogen) atoms. The second-order valence-electron chi connectivity index (χ2n) is 6.54. The Morgan fingerprint density at radius 1 is 1.25 bits per heavy atom. The van der Waals surface area contributed by atoms with E-state index in [4.69, 9.17) is 4.99 Å². The predicted octanol–water partition coefficient (Wildman–Crippen LogP) is 3.05. The van der Waals surface area contributed by atoms with Crippen molar-refractivity contribution in [1.82, 2.24) is 30.4 Å². The number of hydrogen-bond acceptors (Lipinski definition) is 3. The Hall–Kier alpha value is -2.10. The lowest BCUT2D eigenvalue weighted by Crippen LogP contribution is -2.39. The first-order valence-electron chi connectivity index (χ1n) is 9.67. The van der Waals surface area contributed by atoms with Crippen LogP contribution in [0.25, 0.3) is 10.9 Å². The number of aliphatic imine (C=N–C) groups is 1. The molecule has 0 amide bonds. The molecule has 152 valence electrons. The average molecular weight is 495 g/mol. The number of aromatic nitrogens is 4. The first kappa shape index (κ1) is 22.2. The number of fused-ring (bicyclic) bond motifs is 1. The number of H-pyrrole nitrogens is 1. The van der Waals surface area contributed by atoms with Crippen LogP contribution in [0.2, 0.25) is 0 Å². The molecule has 0 atom stereocenters. The monoisotopic (exact) mass is 495 g/mol. The van der Waals surface area contributed by atoms with Gasteiger partial charge < -0.3 is 20.2 Å². The van der Waals surface area contributed by atoms with Crippen molar-refractivity contribution in [2.75, 3.05) is 19.6 Å².